The van der Waals surface area contributed by atoms with E-state index in [0.717, 1.165) is 0 Å². The Kier molecular flexibility index (Phi) is 3.31. The lowest BCUT2D eigenvalue weighted by Gasteiger charge is -1.99. The van der Waals surface area contributed by atoms with Gasteiger partial charge in [0.2, 0.25) is 10.0 Å². The summed E-state index contributed by atoms with van der Waals surface area (Å²) in [4.78, 5) is 0.0885. The van der Waals surface area contributed by atoms with Gasteiger partial charge in [-0.2, -0.15) is 0 Å². The maximum absolute atomic E-state index is 10.9. The van der Waals surface area contributed by atoms with Crippen LogP contribution in [0, 0.1) is 0 Å². The first kappa shape index (κ1) is 11.2. The van der Waals surface area contributed by atoms with E-state index in [4.69, 9.17) is 16.7 Å². The molecule has 0 saturated heterocycles. The van der Waals surface area contributed by atoms with Gasteiger partial charge in [0.1, 0.15) is 0 Å². The highest BCUT2D eigenvalue weighted by Gasteiger charge is 2.06. The number of allylic oxidation sites excluding steroid dienone is 1. The molecule has 0 amide bonds. The normalized spacial score (nSPS) is 12.9. The highest BCUT2D eigenvalue weighted by Crippen LogP contribution is 2.18. The second-order valence-electron chi connectivity index (χ2n) is 2.82. The third kappa shape index (κ3) is 2.83. The average molecular weight is 232 g/mol. The van der Waals surface area contributed by atoms with Crippen molar-refractivity contribution < 1.29 is 8.42 Å². The highest BCUT2D eigenvalue weighted by atomic mass is 35.5. The fourth-order valence-corrected chi connectivity index (χ4v) is 1.37. The van der Waals surface area contributed by atoms with Gasteiger partial charge in [0.15, 0.2) is 0 Å². The van der Waals surface area contributed by atoms with Gasteiger partial charge >= 0.3 is 0 Å². The number of nitrogens with two attached hydrogens (primary N) is 1. The van der Waals surface area contributed by atoms with Crippen LogP contribution in [0.25, 0.3) is 6.08 Å². The summed E-state index contributed by atoms with van der Waals surface area (Å²) in [5, 5.41) is 5.43. The van der Waals surface area contributed by atoms with E-state index in [2.05, 4.69) is 0 Å². The van der Waals surface area contributed by atoms with E-state index in [1.54, 1.807) is 24.3 Å². The van der Waals surface area contributed by atoms with Crippen LogP contribution in [-0.2, 0) is 10.0 Å². The minimum absolute atomic E-state index is 0.0885. The van der Waals surface area contributed by atoms with Gasteiger partial charge < -0.3 is 0 Å². The first-order valence-electron chi connectivity index (χ1n) is 3.87. The minimum Gasteiger partial charge on any atom is -0.225 e. The summed E-state index contributed by atoms with van der Waals surface area (Å²) in [6, 6.07) is 6.95. The van der Waals surface area contributed by atoms with Crippen LogP contribution in [0.3, 0.4) is 0 Å². The summed E-state index contributed by atoms with van der Waals surface area (Å²) in [5.74, 6) is 0. The third-order valence-corrected chi connectivity index (χ3v) is 3.07. The standard InChI is InChI=1S/C9H10ClNO2S/c1-7(14(11,12)13)6-8-4-2-3-5-9(8)10/h2-6H,1H3,(H2,11,12,13)/b7-6+. The fraction of sp³-hybridized carbons (Fsp3) is 0.111. The molecule has 0 atom stereocenters. The number of hydrogen-bond acceptors (Lipinski definition) is 2. The predicted octanol–water partition coefficient (Wildman–Crippen LogP) is 1.99. The molecule has 0 aromatic heterocycles. The van der Waals surface area contributed by atoms with Gasteiger partial charge in [-0.05, 0) is 24.6 Å². The SMILES string of the molecule is C/C(=C\c1ccccc1Cl)S(N)(=O)=O. The van der Waals surface area contributed by atoms with Crippen LogP contribution in [0.5, 0.6) is 0 Å². The van der Waals surface area contributed by atoms with Crippen molar-refractivity contribution >= 4 is 27.7 Å². The van der Waals surface area contributed by atoms with Crippen molar-refractivity contribution in [2.45, 2.75) is 6.92 Å². The Morgan fingerprint density at radius 2 is 2.00 bits per heavy atom. The Balaban J connectivity index is 3.17. The van der Waals surface area contributed by atoms with Crippen molar-refractivity contribution in [2.75, 3.05) is 0 Å². The number of primary sulfonamides is 1. The van der Waals surface area contributed by atoms with Crippen molar-refractivity contribution in [1.82, 2.24) is 0 Å². The van der Waals surface area contributed by atoms with Gasteiger partial charge in [0, 0.05) is 5.02 Å². The summed E-state index contributed by atoms with van der Waals surface area (Å²) < 4.78 is 21.8. The lowest BCUT2D eigenvalue weighted by molar-refractivity contribution is 0.604. The van der Waals surface area contributed by atoms with Crippen LogP contribution in [0.2, 0.25) is 5.02 Å². The van der Waals surface area contributed by atoms with E-state index in [-0.39, 0.29) is 4.91 Å². The monoisotopic (exact) mass is 231 g/mol. The van der Waals surface area contributed by atoms with Crippen molar-refractivity contribution in [2.24, 2.45) is 5.14 Å². The smallest absolute Gasteiger partial charge is 0.225 e. The molecule has 14 heavy (non-hydrogen) atoms. The molecule has 1 rings (SSSR count). The zero-order chi connectivity index (χ0) is 10.8. The molecule has 2 N–H and O–H groups in total. The largest absolute Gasteiger partial charge is 0.233 e. The molecule has 0 heterocycles. The van der Waals surface area contributed by atoms with Crippen LogP contribution in [0.4, 0.5) is 0 Å². The molecule has 1 aromatic rings. The number of rotatable bonds is 2. The van der Waals surface area contributed by atoms with Gasteiger partial charge in [0.25, 0.3) is 0 Å². The zero-order valence-corrected chi connectivity index (χ0v) is 9.14. The molecule has 0 unspecified atom stereocenters. The number of benzene rings is 1. The average Bonchev–Trinajstić information content (AvgIpc) is 2.07. The van der Waals surface area contributed by atoms with Crippen molar-refractivity contribution in [3.05, 3.63) is 39.8 Å². The first-order valence-corrected chi connectivity index (χ1v) is 5.79. The molecular weight excluding hydrogens is 222 g/mol. The lowest BCUT2D eigenvalue weighted by atomic mass is 10.2. The van der Waals surface area contributed by atoms with E-state index in [9.17, 15) is 8.42 Å². The Morgan fingerprint density at radius 3 is 2.50 bits per heavy atom. The number of halogens is 1. The Bertz CT molecular complexity index is 465. The maximum atomic E-state index is 10.9. The molecule has 0 aliphatic heterocycles. The quantitative estimate of drug-likeness (QED) is 0.846. The molecule has 0 bridgehead atoms. The number of hydrogen-bond donors (Lipinski definition) is 1. The molecular formula is C9H10ClNO2S. The van der Waals surface area contributed by atoms with Crippen molar-refractivity contribution in [3.63, 3.8) is 0 Å². The molecule has 3 nitrogen and oxygen atoms in total. The first-order chi connectivity index (χ1) is 6.41. The van der Waals surface area contributed by atoms with E-state index in [0.29, 0.717) is 10.6 Å². The Labute approximate surface area is 88.2 Å². The Morgan fingerprint density at radius 1 is 1.43 bits per heavy atom. The Hall–Kier alpha value is -0.840. The summed E-state index contributed by atoms with van der Waals surface area (Å²) in [7, 11) is -3.62. The van der Waals surface area contributed by atoms with Gasteiger partial charge in [-0.1, -0.05) is 29.8 Å². The molecule has 5 heteroatoms. The minimum atomic E-state index is -3.62. The topological polar surface area (TPSA) is 60.2 Å². The number of sulfonamides is 1. The van der Waals surface area contributed by atoms with E-state index in [1.807, 2.05) is 0 Å². The van der Waals surface area contributed by atoms with Crippen LogP contribution >= 0.6 is 11.6 Å². The fourth-order valence-electron chi connectivity index (χ4n) is 0.893. The molecule has 0 radical (unpaired) electrons. The zero-order valence-electron chi connectivity index (χ0n) is 7.57. The predicted molar refractivity (Wildman–Crippen MR) is 58.2 cm³/mol. The molecule has 1 aromatic carbocycles. The summed E-state index contributed by atoms with van der Waals surface area (Å²) in [5.41, 5.74) is 0.640. The summed E-state index contributed by atoms with van der Waals surface area (Å²) in [6.45, 7) is 1.43. The summed E-state index contributed by atoms with van der Waals surface area (Å²) >= 11 is 5.84. The summed E-state index contributed by atoms with van der Waals surface area (Å²) in [6.07, 6.45) is 1.44. The van der Waals surface area contributed by atoms with Gasteiger partial charge in [-0.15, -0.1) is 0 Å². The lowest BCUT2D eigenvalue weighted by Crippen LogP contribution is -2.12. The molecule has 0 aliphatic rings. The molecule has 0 saturated carbocycles. The van der Waals surface area contributed by atoms with E-state index >= 15 is 0 Å². The van der Waals surface area contributed by atoms with Gasteiger partial charge in [0.05, 0.1) is 4.91 Å². The van der Waals surface area contributed by atoms with E-state index in [1.165, 1.54) is 13.0 Å². The molecule has 0 aliphatic carbocycles. The molecule has 0 fully saturated rings. The van der Waals surface area contributed by atoms with Crippen LogP contribution in [-0.4, -0.2) is 8.42 Å². The molecule has 76 valence electrons. The van der Waals surface area contributed by atoms with Crippen LogP contribution < -0.4 is 5.14 Å². The maximum Gasteiger partial charge on any atom is 0.233 e. The second kappa shape index (κ2) is 4.13. The molecule has 0 spiro atoms. The van der Waals surface area contributed by atoms with Gasteiger partial charge in [-0.25, -0.2) is 13.6 Å². The van der Waals surface area contributed by atoms with Crippen LogP contribution in [0.1, 0.15) is 12.5 Å². The van der Waals surface area contributed by atoms with Gasteiger partial charge in [-0.3, -0.25) is 0 Å². The second-order valence-corrected chi connectivity index (χ2v) is 4.96. The third-order valence-electron chi connectivity index (χ3n) is 1.71. The van der Waals surface area contributed by atoms with Crippen molar-refractivity contribution in [1.29, 1.82) is 0 Å². The highest BCUT2D eigenvalue weighted by molar-refractivity contribution is 7.93. The van der Waals surface area contributed by atoms with E-state index < -0.39 is 10.0 Å². The van der Waals surface area contributed by atoms with Crippen LogP contribution in [0.15, 0.2) is 29.2 Å². The van der Waals surface area contributed by atoms with Crippen molar-refractivity contribution in [3.8, 4) is 0 Å².